The van der Waals surface area contributed by atoms with E-state index < -0.39 is 0 Å². The third-order valence-electron chi connectivity index (χ3n) is 0.867. The van der Waals surface area contributed by atoms with Gasteiger partial charge >= 0.3 is 0 Å². The average molecular weight is 124 g/mol. The van der Waals surface area contributed by atoms with E-state index in [9.17, 15) is 0 Å². The van der Waals surface area contributed by atoms with Crippen LogP contribution in [-0.2, 0) is 0 Å². The van der Waals surface area contributed by atoms with E-state index in [2.05, 4.69) is 10.9 Å². The Hall–Kier alpha value is -0.810. The Kier molecular flexibility index (Phi) is 4.85. The molecule has 9 heavy (non-hydrogen) atoms. The molecule has 0 saturated heterocycles. The van der Waals surface area contributed by atoms with Crippen LogP contribution in [0.4, 0.5) is 0 Å². The summed E-state index contributed by atoms with van der Waals surface area (Å²) in [4.78, 5) is 5.95. The lowest BCUT2D eigenvalue weighted by atomic mass is 10.6. The lowest BCUT2D eigenvalue weighted by Crippen LogP contribution is -2.18. The molecule has 0 fully saturated rings. The summed E-state index contributed by atoms with van der Waals surface area (Å²) in [5.41, 5.74) is 0. The molecule has 0 N–H and O–H groups in total. The first-order valence-electron chi connectivity index (χ1n) is 2.87. The lowest BCUT2D eigenvalue weighted by Gasteiger charge is -2.07. The summed E-state index contributed by atoms with van der Waals surface area (Å²) in [7, 11) is 1.94. The smallest absolute Gasteiger partial charge is 0.0910 e. The number of terminal acetylenes is 1. The van der Waals surface area contributed by atoms with Crippen LogP contribution in [-0.4, -0.2) is 31.4 Å². The van der Waals surface area contributed by atoms with Crippen LogP contribution in [0.15, 0.2) is 4.99 Å². The van der Waals surface area contributed by atoms with E-state index >= 15 is 0 Å². The summed E-state index contributed by atoms with van der Waals surface area (Å²) in [5.74, 6) is 2.53. The van der Waals surface area contributed by atoms with Gasteiger partial charge in [-0.1, -0.05) is 5.92 Å². The first-order chi connectivity index (χ1) is 4.31. The molecule has 0 rings (SSSR count). The van der Waals surface area contributed by atoms with E-state index in [1.165, 1.54) is 0 Å². The van der Waals surface area contributed by atoms with Gasteiger partial charge in [0, 0.05) is 0 Å². The fourth-order valence-electron chi connectivity index (χ4n) is 0.427. The Bertz CT molecular complexity index is 121. The van der Waals surface area contributed by atoms with Gasteiger partial charge in [0.1, 0.15) is 0 Å². The molecule has 0 radical (unpaired) electrons. The molecule has 0 aromatic heterocycles. The SMILES string of the molecule is C#CCN(C)C/N=C\C. The van der Waals surface area contributed by atoms with E-state index in [0.717, 1.165) is 0 Å². The zero-order chi connectivity index (χ0) is 7.11. The van der Waals surface area contributed by atoms with Crippen molar-refractivity contribution in [3.8, 4) is 12.3 Å². The van der Waals surface area contributed by atoms with Crippen LogP contribution in [0.1, 0.15) is 6.92 Å². The van der Waals surface area contributed by atoms with Crippen molar-refractivity contribution in [1.82, 2.24) is 4.90 Å². The molecule has 0 spiro atoms. The minimum absolute atomic E-state index is 0.664. The second-order valence-corrected chi connectivity index (χ2v) is 1.80. The summed E-state index contributed by atoms with van der Waals surface area (Å²) < 4.78 is 0. The summed E-state index contributed by atoms with van der Waals surface area (Å²) in [6.07, 6.45) is 6.83. The van der Waals surface area contributed by atoms with Gasteiger partial charge < -0.3 is 0 Å². The largest absolute Gasteiger partial charge is 0.282 e. The molecule has 0 saturated carbocycles. The van der Waals surface area contributed by atoms with Crippen molar-refractivity contribution >= 4 is 6.21 Å². The van der Waals surface area contributed by atoms with Crippen molar-refractivity contribution < 1.29 is 0 Å². The molecule has 0 aliphatic heterocycles. The maximum absolute atomic E-state index is 5.06. The van der Waals surface area contributed by atoms with Crippen molar-refractivity contribution in [3.05, 3.63) is 0 Å². The third-order valence-corrected chi connectivity index (χ3v) is 0.867. The van der Waals surface area contributed by atoms with Crippen molar-refractivity contribution in [3.63, 3.8) is 0 Å². The van der Waals surface area contributed by atoms with Crippen molar-refractivity contribution in [2.24, 2.45) is 4.99 Å². The second-order valence-electron chi connectivity index (χ2n) is 1.80. The van der Waals surface area contributed by atoms with Crippen molar-refractivity contribution in [2.75, 3.05) is 20.3 Å². The number of rotatable bonds is 3. The van der Waals surface area contributed by atoms with Crippen molar-refractivity contribution in [2.45, 2.75) is 6.92 Å². The van der Waals surface area contributed by atoms with Gasteiger partial charge in [-0.25, -0.2) is 0 Å². The zero-order valence-corrected chi connectivity index (χ0v) is 5.96. The molecule has 2 heteroatoms. The summed E-state index contributed by atoms with van der Waals surface area (Å²) in [6, 6.07) is 0. The average Bonchev–Trinajstić information content (AvgIpc) is 1.85. The van der Waals surface area contributed by atoms with Crippen LogP contribution in [0.5, 0.6) is 0 Å². The Morgan fingerprint density at radius 3 is 2.89 bits per heavy atom. The number of hydrogen-bond donors (Lipinski definition) is 0. The van der Waals surface area contributed by atoms with Crippen LogP contribution in [0.3, 0.4) is 0 Å². The first-order valence-corrected chi connectivity index (χ1v) is 2.87. The van der Waals surface area contributed by atoms with E-state index in [4.69, 9.17) is 6.42 Å². The standard InChI is InChI=1S/C7H12N2/c1-4-6-9(3)7-8-5-2/h1,5H,6-7H2,2-3H3/b8-5-. The molecule has 50 valence electrons. The Morgan fingerprint density at radius 1 is 1.78 bits per heavy atom. The van der Waals surface area contributed by atoms with E-state index in [-0.39, 0.29) is 0 Å². The van der Waals surface area contributed by atoms with E-state index in [0.29, 0.717) is 13.2 Å². The van der Waals surface area contributed by atoms with Crippen LogP contribution >= 0.6 is 0 Å². The highest BCUT2D eigenvalue weighted by Gasteiger charge is 1.88. The molecular weight excluding hydrogens is 112 g/mol. The van der Waals surface area contributed by atoms with Gasteiger partial charge in [-0.05, 0) is 20.2 Å². The van der Waals surface area contributed by atoms with Gasteiger partial charge in [0.15, 0.2) is 0 Å². The summed E-state index contributed by atoms with van der Waals surface area (Å²) in [6.45, 7) is 3.25. The van der Waals surface area contributed by atoms with Crippen molar-refractivity contribution in [1.29, 1.82) is 0 Å². The molecule has 0 aliphatic carbocycles. The second kappa shape index (κ2) is 5.33. The summed E-state index contributed by atoms with van der Waals surface area (Å²) in [5, 5.41) is 0. The minimum atomic E-state index is 0.664. The molecule has 0 aliphatic rings. The molecular formula is C7H12N2. The monoisotopic (exact) mass is 124 g/mol. The lowest BCUT2D eigenvalue weighted by molar-refractivity contribution is 0.391. The van der Waals surface area contributed by atoms with Gasteiger partial charge in [0.25, 0.3) is 0 Å². The molecule has 0 bridgehead atoms. The Balaban J connectivity index is 3.29. The normalized spacial score (nSPS) is 10.4. The molecule has 0 unspecified atom stereocenters. The highest BCUT2D eigenvalue weighted by Crippen LogP contribution is 1.78. The van der Waals surface area contributed by atoms with Gasteiger partial charge in [0.2, 0.25) is 0 Å². The van der Waals surface area contributed by atoms with Gasteiger partial charge in [-0.2, -0.15) is 0 Å². The van der Waals surface area contributed by atoms with Crippen LogP contribution in [0.2, 0.25) is 0 Å². The maximum atomic E-state index is 5.06. The molecule has 0 aromatic rings. The van der Waals surface area contributed by atoms with Gasteiger partial charge in [-0.15, -0.1) is 6.42 Å². The number of hydrogen-bond acceptors (Lipinski definition) is 2. The maximum Gasteiger partial charge on any atom is 0.0910 e. The Labute approximate surface area is 56.6 Å². The Morgan fingerprint density at radius 2 is 2.44 bits per heavy atom. The zero-order valence-electron chi connectivity index (χ0n) is 5.96. The number of aliphatic imine (C=N–C) groups is 1. The van der Waals surface area contributed by atoms with Gasteiger partial charge in [-0.3, -0.25) is 9.89 Å². The fraction of sp³-hybridized carbons (Fsp3) is 0.571. The van der Waals surface area contributed by atoms with Crippen LogP contribution in [0, 0.1) is 12.3 Å². The van der Waals surface area contributed by atoms with Crippen LogP contribution < -0.4 is 0 Å². The highest BCUT2D eigenvalue weighted by atomic mass is 15.2. The molecule has 0 atom stereocenters. The summed E-state index contributed by atoms with van der Waals surface area (Å²) >= 11 is 0. The predicted octanol–water partition coefficient (Wildman–Crippen LogP) is 0.600. The topological polar surface area (TPSA) is 15.6 Å². The molecule has 0 aromatic carbocycles. The predicted molar refractivity (Wildman–Crippen MR) is 40.5 cm³/mol. The molecule has 0 heterocycles. The minimum Gasteiger partial charge on any atom is -0.282 e. The third kappa shape index (κ3) is 5.05. The fourth-order valence-corrected chi connectivity index (χ4v) is 0.427. The van der Waals surface area contributed by atoms with Crippen LogP contribution in [0.25, 0.3) is 0 Å². The van der Waals surface area contributed by atoms with Gasteiger partial charge in [0.05, 0.1) is 13.2 Å². The molecule has 0 amide bonds. The quantitative estimate of drug-likeness (QED) is 0.397. The highest BCUT2D eigenvalue weighted by molar-refractivity contribution is 5.52. The number of nitrogens with zero attached hydrogens (tertiary/aromatic N) is 2. The molecule has 2 nitrogen and oxygen atoms in total. The van der Waals surface area contributed by atoms with E-state index in [1.54, 1.807) is 6.21 Å². The first kappa shape index (κ1) is 8.19. The van der Waals surface area contributed by atoms with E-state index in [1.807, 2.05) is 18.9 Å².